The molecule has 0 bridgehead atoms. The van der Waals surface area contributed by atoms with E-state index in [1.807, 2.05) is 82.3 Å². The van der Waals surface area contributed by atoms with Crippen molar-refractivity contribution in [1.29, 1.82) is 5.26 Å². The fourth-order valence-electron chi connectivity index (χ4n) is 3.35. The third-order valence-corrected chi connectivity index (χ3v) is 5.42. The predicted molar refractivity (Wildman–Crippen MR) is 118 cm³/mol. The summed E-state index contributed by atoms with van der Waals surface area (Å²) in [6.45, 7) is 7.84. The minimum absolute atomic E-state index is 0.0521. The van der Waals surface area contributed by atoms with E-state index in [2.05, 4.69) is 9.88 Å². The molecule has 0 aliphatic carbocycles. The van der Waals surface area contributed by atoms with E-state index in [4.69, 9.17) is 11.6 Å². The first-order valence-corrected chi connectivity index (χ1v) is 9.64. The zero-order chi connectivity index (χ0) is 21.1. The van der Waals surface area contributed by atoms with Gasteiger partial charge in [-0.25, -0.2) is 0 Å². The van der Waals surface area contributed by atoms with E-state index in [9.17, 15) is 10.1 Å². The maximum absolute atomic E-state index is 12.6. The number of nitrogens with one attached hydrogen (secondary N) is 1. The van der Waals surface area contributed by atoms with Gasteiger partial charge in [0.15, 0.2) is 0 Å². The summed E-state index contributed by atoms with van der Waals surface area (Å²) in [4.78, 5) is 12.6. The first-order valence-electron chi connectivity index (χ1n) is 9.26. The molecular formula is C24H22ClN3O. The van der Waals surface area contributed by atoms with E-state index in [0.29, 0.717) is 10.7 Å². The molecule has 5 heteroatoms. The van der Waals surface area contributed by atoms with E-state index in [0.717, 1.165) is 33.8 Å². The highest BCUT2D eigenvalue weighted by atomic mass is 35.5. The third kappa shape index (κ3) is 4.11. The Morgan fingerprint density at radius 2 is 1.83 bits per heavy atom. The van der Waals surface area contributed by atoms with E-state index in [1.54, 1.807) is 6.08 Å². The van der Waals surface area contributed by atoms with Crippen LogP contribution in [0, 0.1) is 39.0 Å². The van der Waals surface area contributed by atoms with Gasteiger partial charge in [0, 0.05) is 27.8 Å². The minimum Gasteiger partial charge on any atom is -0.321 e. The highest BCUT2D eigenvalue weighted by molar-refractivity contribution is 6.31. The number of carbonyl (C=O) groups excluding carboxylic acids is 1. The molecule has 1 aromatic heterocycles. The van der Waals surface area contributed by atoms with Crippen LogP contribution in [0.3, 0.4) is 0 Å². The van der Waals surface area contributed by atoms with Gasteiger partial charge in [-0.1, -0.05) is 35.9 Å². The van der Waals surface area contributed by atoms with Crippen LogP contribution >= 0.6 is 11.6 Å². The Labute approximate surface area is 176 Å². The van der Waals surface area contributed by atoms with E-state index >= 15 is 0 Å². The molecular weight excluding hydrogens is 382 g/mol. The molecule has 0 aliphatic heterocycles. The van der Waals surface area contributed by atoms with E-state index < -0.39 is 5.91 Å². The number of aromatic nitrogens is 1. The van der Waals surface area contributed by atoms with Crippen LogP contribution in [-0.2, 0) is 4.79 Å². The van der Waals surface area contributed by atoms with Crippen molar-refractivity contribution >= 4 is 29.3 Å². The molecule has 2 aromatic carbocycles. The van der Waals surface area contributed by atoms with E-state index in [1.165, 1.54) is 0 Å². The highest BCUT2D eigenvalue weighted by Gasteiger charge is 2.16. The minimum atomic E-state index is -0.425. The largest absolute Gasteiger partial charge is 0.321 e. The third-order valence-electron chi connectivity index (χ3n) is 5.01. The zero-order valence-electron chi connectivity index (χ0n) is 16.9. The van der Waals surface area contributed by atoms with Crippen molar-refractivity contribution in [2.24, 2.45) is 0 Å². The van der Waals surface area contributed by atoms with Crippen molar-refractivity contribution in [2.75, 3.05) is 5.32 Å². The summed E-state index contributed by atoms with van der Waals surface area (Å²) in [7, 11) is 0. The number of halogens is 1. The lowest BCUT2D eigenvalue weighted by Crippen LogP contribution is -2.14. The average molecular weight is 404 g/mol. The van der Waals surface area contributed by atoms with Gasteiger partial charge in [0.05, 0.1) is 0 Å². The first kappa shape index (κ1) is 20.4. The second kappa shape index (κ2) is 8.38. The Hall–Kier alpha value is -3.29. The number of benzene rings is 2. The quantitative estimate of drug-likeness (QED) is 0.434. The number of rotatable bonds is 4. The van der Waals surface area contributed by atoms with Crippen molar-refractivity contribution < 1.29 is 4.79 Å². The molecule has 3 rings (SSSR count). The fourth-order valence-corrected chi connectivity index (χ4v) is 3.52. The fraction of sp³-hybridized carbons (Fsp3) is 0.167. The zero-order valence-corrected chi connectivity index (χ0v) is 17.6. The van der Waals surface area contributed by atoms with Gasteiger partial charge < -0.3 is 9.88 Å². The molecule has 1 amide bonds. The van der Waals surface area contributed by atoms with Gasteiger partial charge in [0.2, 0.25) is 0 Å². The highest BCUT2D eigenvalue weighted by Crippen LogP contribution is 2.28. The molecule has 1 heterocycles. The lowest BCUT2D eigenvalue weighted by molar-refractivity contribution is -0.112. The topological polar surface area (TPSA) is 57.8 Å². The molecule has 0 saturated heterocycles. The van der Waals surface area contributed by atoms with Crippen molar-refractivity contribution in [3.63, 3.8) is 0 Å². The second-order valence-electron chi connectivity index (χ2n) is 6.98. The molecule has 0 spiro atoms. The van der Waals surface area contributed by atoms with E-state index in [-0.39, 0.29) is 5.57 Å². The second-order valence-corrected chi connectivity index (χ2v) is 7.39. The van der Waals surface area contributed by atoms with Crippen LogP contribution in [0.2, 0.25) is 5.02 Å². The molecule has 0 saturated carbocycles. The van der Waals surface area contributed by atoms with Crippen LogP contribution in [0.5, 0.6) is 0 Å². The number of para-hydroxylation sites is 1. The molecule has 146 valence electrons. The molecule has 0 fully saturated rings. The molecule has 0 atom stereocenters. The van der Waals surface area contributed by atoms with Crippen LogP contribution in [-0.4, -0.2) is 10.5 Å². The normalized spacial score (nSPS) is 11.2. The van der Waals surface area contributed by atoms with Gasteiger partial charge in [0.1, 0.15) is 11.6 Å². The van der Waals surface area contributed by atoms with Crippen LogP contribution < -0.4 is 5.32 Å². The molecule has 1 N–H and O–H groups in total. The predicted octanol–water partition coefficient (Wildman–Crippen LogP) is 5.91. The summed E-state index contributed by atoms with van der Waals surface area (Å²) in [6.07, 6.45) is 1.63. The SMILES string of the molecule is Cc1ccccc1NC(=O)/C(C#N)=C\c1cc(C)n(-c2cccc(Cl)c2C)c1C. The summed E-state index contributed by atoms with van der Waals surface area (Å²) < 4.78 is 2.08. The Balaban J connectivity index is 1.99. The van der Waals surface area contributed by atoms with Gasteiger partial charge in [-0.05, 0) is 74.7 Å². The van der Waals surface area contributed by atoms with Gasteiger partial charge in [-0.3, -0.25) is 4.79 Å². The van der Waals surface area contributed by atoms with Gasteiger partial charge in [0.25, 0.3) is 5.91 Å². The molecule has 0 aliphatic rings. The Morgan fingerprint density at radius 1 is 1.10 bits per heavy atom. The maximum Gasteiger partial charge on any atom is 0.266 e. The Bertz CT molecular complexity index is 1170. The maximum atomic E-state index is 12.6. The monoisotopic (exact) mass is 403 g/mol. The number of hydrogen-bond acceptors (Lipinski definition) is 2. The summed E-state index contributed by atoms with van der Waals surface area (Å²) in [5.74, 6) is -0.425. The molecule has 3 aromatic rings. The molecule has 0 unspecified atom stereocenters. The number of aryl methyl sites for hydroxylation is 2. The lowest BCUT2D eigenvalue weighted by Gasteiger charge is -2.13. The number of hydrogen-bond donors (Lipinski definition) is 1. The molecule has 0 radical (unpaired) electrons. The smallest absolute Gasteiger partial charge is 0.266 e. The number of nitrogens with zero attached hydrogens (tertiary/aromatic N) is 2. The Morgan fingerprint density at radius 3 is 2.52 bits per heavy atom. The number of nitriles is 1. The van der Waals surface area contributed by atoms with Gasteiger partial charge in [-0.15, -0.1) is 0 Å². The lowest BCUT2D eigenvalue weighted by atomic mass is 10.1. The van der Waals surface area contributed by atoms with Crippen molar-refractivity contribution in [3.8, 4) is 11.8 Å². The van der Waals surface area contributed by atoms with Crippen molar-refractivity contribution in [1.82, 2.24) is 4.57 Å². The number of anilines is 1. The van der Waals surface area contributed by atoms with Crippen molar-refractivity contribution in [3.05, 3.63) is 87.2 Å². The first-order chi connectivity index (χ1) is 13.8. The Kier molecular flexibility index (Phi) is 5.91. The summed E-state index contributed by atoms with van der Waals surface area (Å²) in [5, 5.41) is 13.1. The van der Waals surface area contributed by atoms with Gasteiger partial charge in [-0.2, -0.15) is 5.26 Å². The summed E-state index contributed by atoms with van der Waals surface area (Å²) in [6, 6.07) is 17.2. The van der Waals surface area contributed by atoms with Crippen molar-refractivity contribution in [2.45, 2.75) is 27.7 Å². The average Bonchev–Trinajstić information content (AvgIpc) is 2.97. The summed E-state index contributed by atoms with van der Waals surface area (Å²) >= 11 is 6.29. The van der Waals surface area contributed by atoms with Crippen LogP contribution in [0.1, 0.15) is 28.1 Å². The molecule has 4 nitrogen and oxygen atoms in total. The van der Waals surface area contributed by atoms with Crippen LogP contribution in [0.4, 0.5) is 5.69 Å². The standard InChI is InChI=1S/C24H22ClN3O/c1-15-8-5-6-10-22(15)27-24(29)20(14-26)13-19-12-16(2)28(18(19)4)23-11-7-9-21(25)17(23)3/h5-13H,1-4H3,(H,27,29)/b20-13-. The molecule has 29 heavy (non-hydrogen) atoms. The number of amides is 1. The number of carbonyl (C=O) groups is 1. The van der Waals surface area contributed by atoms with Crippen LogP contribution in [0.25, 0.3) is 11.8 Å². The summed E-state index contributed by atoms with van der Waals surface area (Å²) in [5.41, 5.74) is 6.39. The van der Waals surface area contributed by atoms with Crippen LogP contribution in [0.15, 0.2) is 54.1 Å². The van der Waals surface area contributed by atoms with Gasteiger partial charge >= 0.3 is 0 Å².